The lowest BCUT2D eigenvalue weighted by molar-refractivity contribution is 0.256. The summed E-state index contributed by atoms with van der Waals surface area (Å²) in [6.07, 6.45) is 3.50. The van der Waals surface area contributed by atoms with E-state index in [4.69, 9.17) is 4.79 Å². The lowest BCUT2D eigenvalue weighted by Gasteiger charge is -2.11. The van der Waals surface area contributed by atoms with Crippen LogP contribution in [0.4, 0.5) is 4.79 Å². The van der Waals surface area contributed by atoms with E-state index in [1.54, 1.807) is 12.4 Å². The molecule has 90 valence electrons. The summed E-state index contributed by atoms with van der Waals surface area (Å²) < 4.78 is 0. The van der Waals surface area contributed by atoms with Crippen LogP contribution in [0.25, 0.3) is 0 Å². The SMILES string of the molecule is C1CNCCN1.NC(N)=O.c1ccncc1. The highest BCUT2D eigenvalue weighted by atomic mass is 16.2. The molecule has 16 heavy (non-hydrogen) atoms. The number of carbonyl (C=O) groups excluding carboxylic acids is 1. The van der Waals surface area contributed by atoms with Crippen LogP contribution in [0.3, 0.4) is 0 Å². The molecule has 6 nitrogen and oxygen atoms in total. The van der Waals surface area contributed by atoms with Crippen LogP contribution in [0.1, 0.15) is 0 Å². The maximum Gasteiger partial charge on any atom is 0.309 e. The second kappa shape index (κ2) is 11.4. The molecule has 6 heteroatoms. The monoisotopic (exact) mass is 225 g/mol. The van der Waals surface area contributed by atoms with Crippen LogP contribution < -0.4 is 22.1 Å². The Bertz CT molecular complexity index is 208. The van der Waals surface area contributed by atoms with Crippen LogP contribution in [0.2, 0.25) is 0 Å². The molecular formula is C10H19N5O. The van der Waals surface area contributed by atoms with Gasteiger partial charge in [0.1, 0.15) is 0 Å². The summed E-state index contributed by atoms with van der Waals surface area (Å²) in [4.78, 5) is 12.8. The highest BCUT2D eigenvalue weighted by molar-refractivity contribution is 5.69. The van der Waals surface area contributed by atoms with Crippen LogP contribution in [-0.4, -0.2) is 37.2 Å². The van der Waals surface area contributed by atoms with Gasteiger partial charge in [-0.15, -0.1) is 0 Å². The smallest absolute Gasteiger partial charge is 0.309 e. The number of urea groups is 1. The Morgan fingerprint density at radius 2 is 1.31 bits per heavy atom. The number of rotatable bonds is 0. The van der Waals surface area contributed by atoms with Crippen LogP contribution in [0, 0.1) is 0 Å². The topological polar surface area (TPSA) is 106 Å². The van der Waals surface area contributed by atoms with E-state index in [1.165, 1.54) is 0 Å². The third-order valence-corrected chi connectivity index (χ3v) is 1.52. The number of nitrogens with one attached hydrogen (secondary N) is 2. The molecule has 1 aromatic heterocycles. The van der Waals surface area contributed by atoms with Gasteiger partial charge in [-0.3, -0.25) is 4.98 Å². The van der Waals surface area contributed by atoms with Crippen molar-refractivity contribution < 1.29 is 4.79 Å². The fourth-order valence-electron chi connectivity index (χ4n) is 0.916. The molecule has 2 amide bonds. The highest BCUT2D eigenvalue weighted by Crippen LogP contribution is 1.73. The van der Waals surface area contributed by atoms with Gasteiger partial charge in [-0.2, -0.15) is 0 Å². The minimum absolute atomic E-state index is 0.833. The molecule has 0 spiro atoms. The summed E-state index contributed by atoms with van der Waals surface area (Å²) in [5.41, 5.74) is 8.50. The summed E-state index contributed by atoms with van der Waals surface area (Å²) in [7, 11) is 0. The van der Waals surface area contributed by atoms with Gasteiger partial charge in [0, 0.05) is 38.6 Å². The number of aromatic nitrogens is 1. The Morgan fingerprint density at radius 3 is 1.44 bits per heavy atom. The molecule has 1 fully saturated rings. The summed E-state index contributed by atoms with van der Waals surface area (Å²) in [5.74, 6) is 0. The van der Waals surface area contributed by atoms with Gasteiger partial charge in [-0.05, 0) is 12.1 Å². The van der Waals surface area contributed by atoms with Crippen molar-refractivity contribution in [2.24, 2.45) is 11.5 Å². The molecule has 6 N–H and O–H groups in total. The Balaban J connectivity index is 0.000000217. The molecule has 0 aromatic carbocycles. The molecule has 1 aliphatic rings. The largest absolute Gasteiger partial charge is 0.352 e. The zero-order valence-electron chi connectivity index (χ0n) is 9.23. The second-order valence-corrected chi connectivity index (χ2v) is 2.93. The first kappa shape index (κ1) is 14.3. The average Bonchev–Trinajstić information content (AvgIpc) is 2.34. The van der Waals surface area contributed by atoms with E-state index in [2.05, 4.69) is 27.1 Å². The van der Waals surface area contributed by atoms with E-state index in [9.17, 15) is 0 Å². The van der Waals surface area contributed by atoms with Crippen molar-refractivity contribution in [3.63, 3.8) is 0 Å². The summed E-state index contributed by atoms with van der Waals surface area (Å²) in [6, 6.07) is 4.88. The van der Waals surface area contributed by atoms with Gasteiger partial charge in [0.15, 0.2) is 0 Å². The van der Waals surface area contributed by atoms with E-state index >= 15 is 0 Å². The van der Waals surface area contributed by atoms with Gasteiger partial charge in [-0.25, -0.2) is 4.79 Å². The summed E-state index contributed by atoms with van der Waals surface area (Å²) in [6.45, 7) is 4.56. The minimum atomic E-state index is -0.833. The van der Waals surface area contributed by atoms with Crippen LogP contribution in [0.15, 0.2) is 30.6 Å². The molecule has 0 unspecified atom stereocenters. The van der Waals surface area contributed by atoms with E-state index < -0.39 is 6.03 Å². The van der Waals surface area contributed by atoms with Gasteiger partial charge in [-0.1, -0.05) is 6.07 Å². The van der Waals surface area contributed by atoms with Crippen LogP contribution >= 0.6 is 0 Å². The quantitative estimate of drug-likeness (QED) is 0.467. The van der Waals surface area contributed by atoms with Crippen molar-refractivity contribution in [2.45, 2.75) is 0 Å². The fraction of sp³-hybridized carbons (Fsp3) is 0.400. The van der Waals surface area contributed by atoms with Crippen LogP contribution in [-0.2, 0) is 0 Å². The first-order valence-electron chi connectivity index (χ1n) is 5.05. The molecule has 2 rings (SSSR count). The second-order valence-electron chi connectivity index (χ2n) is 2.93. The van der Waals surface area contributed by atoms with Gasteiger partial charge < -0.3 is 22.1 Å². The van der Waals surface area contributed by atoms with Gasteiger partial charge in [0.2, 0.25) is 0 Å². The molecule has 1 saturated heterocycles. The molecule has 2 heterocycles. The first-order chi connectivity index (χ1) is 7.73. The molecule has 0 atom stereocenters. The molecule has 0 saturated carbocycles. The molecule has 0 aliphatic carbocycles. The number of piperazine rings is 1. The Labute approximate surface area is 95.4 Å². The number of amides is 2. The highest BCUT2D eigenvalue weighted by Gasteiger charge is 1.91. The van der Waals surface area contributed by atoms with E-state index in [-0.39, 0.29) is 0 Å². The maximum absolute atomic E-state index is 9.00. The predicted octanol–water partition coefficient (Wildman–Crippen LogP) is -0.715. The molecule has 0 radical (unpaired) electrons. The number of hydrogen-bond donors (Lipinski definition) is 4. The molecule has 1 aliphatic heterocycles. The van der Waals surface area contributed by atoms with Crippen molar-refractivity contribution >= 4 is 6.03 Å². The standard InChI is InChI=1S/C5H5N.C4H10N2.CH4N2O/c1-2-4-6-5-3-1;1-2-6-4-3-5-1;2-1(3)4/h1-5H;5-6H,1-4H2;(H4,2,3,4). The summed E-state index contributed by atoms with van der Waals surface area (Å²) >= 11 is 0. The third kappa shape index (κ3) is 14.8. The Hall–Kier alpha value is -1.66. The number of hydrogen-bond acceptors (Lipinski definition) is 4. The normalized spacial score (nSPS) is 13.5. The number of nitrogens with zero attached hydrogens (tertiary/aromatic N) is 1. The number of nitrogens with two attached hydrogens (primary N) is 2. The molecule has 1 aromatic rings. The third-order valence-electron chi connectivity index (χ3n) is 1.52. The van der Waals surface area contributed by atoms with Gasteiger partial charge in [0.05, 0.1) is 0 Å². The predicted molar refractivity (Wildman–Crippen MR) is 63.7 cm³/mol. The Kier molecular flexibility index (Phi) is 10.2. The van der Waals surface area contributed by atoms with E-state index in [0.717, 1.165) is 26.2 Å². The lowest BCUT2D eigenvalue weighted by Crippen LogP contribution is -2.39. The maximum atomic E-state index is 9.00. The van der Waals surface area contributed by atoms with Crippen molar-refractivity contribution in [1.29, 1.82) is 0 Å². The number of primary amides is 2. The molecular weight excluding hydrogens is 206 g/mol. The number of carbonyl (C=O) groups is 1. The first-order valence-corrected chi connectivity index (χ1v) is 5.05. The zero-order chi connectivity index (χ0) is 12.1. The minimum Gasteiger partial charge on any atom is -0.352 e. The van der Waals surface area contributed by atoms with Crippen molar-refractivity contribution in [1.82, 2.24) is 15.6 Å². The van der Waals surface area contributed by atoms with Crippen molar-refractivity contribution in [3.8, 4) is 0 Å². The number of pyridine rings is 1. The Morgan fingerprint density at radius 1 is 0.938 bits per heavy atom. The summed E-state index contributed by atoms with van der Waals surface area (Å²) in [5, 5.41) is 6.44. The zero-order valence-corrected chi connectivity index (χ0v) is 9.23. The van der Waals surface area contributed by atoms with Crippen molar-refractivity contribution in [2.75, 3.05) is 26.2 Å². The van der Waals surface area contributed by atoms with Crippen molar-refractivity contribution in [3.05, 3.63) is 30.6 Å². The average molecular weight is 225 g/mol. The van der Waals surface area contributed by atoms with Gasteiger partial charge in [0.25, 0.3) is 0 Å². The van der Waals surface area contributed by atoms with Crippen LogP contribution in [0.5, 0.6) is 0 Å². The van der Waals surface area contributed by atoms with E-state index in [1.807, 2.05) is 18.2 Å². The van der Waals surface area contributed by atoms with E-state index in [0.29, 0.717) is 0 Å². The molecule has 0 bridgehead atoms. The lowest BCUT2D eigenvalue weighted by atomic mass is 10.4. The fourth-order valence-corrected chi connectivity index (χ4v) is 0.916. The van der Waals surface area contributed by atoms with Gasteiger partial charge >= 0.3 is 6.03 Å².